The third-order valence-electron chi connectivity index (χ3n) is 4.83. The zero-order valence-electron chi connectivity index (χ0n) is 15.6. The predicted molar refractivity (Wildman–Crippen MR) is 114 cm³/mol. The van der Waals surface area contributed by atoms with Crippen molar-refractivity contribution in [3.05, 3.63) is 71.0 Å². The smallest absolute Gasteiger partial charge is 0.264 e. The molecule has 142 valence electrons. The molecule has 1 aliphatic heterocycles. The van der Waals surface area contributed by atoms with Gasteiger partial charge in [-0.2, -0.15) is 0 Å². The summed E-state index contributed by atoms with van der Waals surface area (Å²) < 4.78 is 15.3. The second kappa shape index (κ2) is 7.64. The van der Waals surface area contributed by atoms with Gasteiger partial charge in [0.1, 0.15) is 5.82 Å². The number of amidine groups is 1. The molecule has 0 aliphatic carbocycles. The van der Waals surface area contributed by atoms with E-state index in [1.165, 1.54) is 23.9 Å². The van der Waals surface area contributed by atoms with Crippen LogP contribution in [0.3, 0.4) is 0 Å². The Morgan fingerprint density at radius 1 is 1.21 bits per heavy atom. The van der Waals surface area contributed by atoms with Crippen LogP contribution in [0.5, 0.6) is 0 Å². The highest BCUT2D eigenvalue weighted by atomic mass is 32.2. The van der Waals surface area contributed by atoms with E-state index in [4.69, 9.17) is 0 Å². The maximum Gasteiger partial charge on any atom is 0.264 e. The van der Waals surface area contributed by atoms with Crippen LogP contribution in [0.4, 0.5) is 10.1 Å². The number of thioether (sulfide) groups is 1. The van der Waals surface area contributed by atoms with E-state index in [0.717, 1.165) is 22.9 Å². The Morgan fingerprint density at radius 2 is 1.96 bits per heavy atom. The molecule has 6 heteroatoms. The molecule has 0 spiro atoms. The number of para-hydroxylation sites is 1. The normalized spacial score (nSPS) is 18.2. The number of halogens is 1. The maximum atomic E-state index is 13.0. The second-order valence-electron chi connectivity index (χ2n) is 6.72. The topological polar surface area (TPSA) is 46.4 Å². The summed E-state index contributed by atoms with van der Waals surface area (Å²) >= 11 is 1.29. The molecule has 0 saturated carbocycles. The van der Waals surface area contributed by atoms with Gasteiger partial charge >= 0.3 is 0 Å². The summed E-state index contributed by atoms with van der Waals surface area (Å²) in [4.78, 5) is 17.4. The number of amides is 1. The summed E-state index contributed by atoms with van der Waals surface area (Å²) in [5.41, 5.74) is 2.77. The van der Waals surface area contributed by atoms with Crippen molar-refractivity contribution in [3.8, 4) is 0 Å². The van der Waals surface area contributed by atoms with Gasteiger partial charge in [0, 0.05) is 28.7 Å². The number of rotatable bonds is 4. The number of hydrogen-bond donors (Lipinski definition) is 1. The van der Waals surface area contributed by atoms with Gasteiger partial charge in [0.25, 0.3) is 5.91 Å². The minimum absolute atomic E-state index is 0.175. The fraction of sp³-hybridized carbons (Fsp3) is 0.182. The molecule has 1 atom stereocenters. The molecule has 4 nitrogen and oxygen atoms in total. The quantitative estimate of drug-likeness (QED) is 0.583. The van der Waals surface area contributed by atoms with E-state index in [2.05, 4.69) is 47.1 Å². The summed E-state index contributed by atoms with van der Waals surface area (Å²) in [6, 6.07) is 14.4. The zero-order chi connectivity index (χ0) is 19.7. The average molecular weight is 393 g/mol. The lowest BCUT2D eigenvalue weighted by Gasteiger charge is -2.12. The first-order chi connectivity index (χ1) is 13.5. The van der Waals surface area contributed by atoms with Gasteiger partial charge in [0.2, 0.25) is 0 Å². The van der Waals surface area contributed by atoms with E-state index in [1.54, 1.807) is 12.1 Å². The van der Waals surface area contributed by atoms with Crippen LogP contribution in [0.1, 0.15) is 31.9 Å². The minimum Gasteiger partial charge on any atom is -0.344 e. The Hall–Kier alpha value is -2.86. The standard InChI is InChI=1S/C22H20FN3OS/c1-3-14(2)26-13-15(18-6-4-5-7-19(18)26)12-20-21(27)25-22(28-20)24-17-10-8-16(23)9-11-17/h4-14H,3H2,1-2H3,(H,24,25,27)/b20-12+/t14-/m0/s1. The van der Waals surface area contributed by atoms with Gasteiger partial charge in [0.15, 0.2) is 5.17 Å². The molecular weight excluding hydrogens is 373 g/mol. The Kier molecular flexibility index (Phi) is 5.05. The monoisotopic (exact) mass is 393 g/mol. The van der Waals surface area contributed by atoms with Crippen LogP contribution in [-0.2, 0) is 4.79 Å². The zero-order valence-corrected chi connectivity index (χ0v) is 16.5. The summed E-state index contributed by atoms with van der Waals surface area (Å²) in [5, 5.41) is 4.39. The molecule has 3 aromatic rings. The molecule has 1 saturated heterocycles. The molecule has 2 aromatic carbocycles. The van der Waals surface area contributed by atoms with Gasteiger partial charge in [-0.05, 0) is 61.5 Å². The summed E-state index contributed by atoms with van der Waals surface area (Å²) in [7, 11) is 0. The Bertz CT molecular complexity index is 1100. The number of aromatic nitrogens is 1. The first-order valence-electron chi connectivity index (χ1n) is 9.20. The fourth-order valence-electron chi connectivity index (χ4n) is 3.16. The summed E-state index contributed by atoms with van der Waals surface area (Å²) in [6.07, 6.45) is 5.04. The van der Waals surface area contributed by atoms with Crippen molar-refractivity contribution in [2.75, 3.05) is 0 Å². The highest BCUT2D eigenvalue weighted by Gasteiger charge is 2.24. The van der Waals surface area contributed by atoms with E-state index in [-0.39, 0.29) is 11.7 Å². The van der Waals surface area contributed by atoms with Gasteiger partial charge in [-0.15, -0.1) is 0 Å². The summed E-state index contributed by atoms with van der Waals surface area (Å²) in [5.74, 6) is -0.489. The van der Waals surface area contributed by atoms with E-state index < -0.39 is 0 Å². The van der Waals surface area contributed by atoms with Crippen molar-refractivity contribution < 1.29 is 9.18 Å². The second-order valence-corrected chi connectivity index (χ2v) is 7.75. The number of nitrogens with one attached hydrogen (secondary N) is 1. The highest BCUT2D eigenvalue weighted by molar-refractivity contribution is 8.18. The van der Waals surface area contributed by atoms with E-state index in [1.807, 2.05) is 18.2 Å². The Morgan fingerprint density at radius 3 is 2.71 bits per heavy atom. The SMILES string of the molecule is CC[C@H](C)n1cc(/C=C2/SC(=Nc3ccc(F)cc3)NC2=O)c2ccccc21. The van der Waals surface area contributed by atoms with Gasteiger partial charge < -0.3 is 9.88 Å². The number of nitrogens with zero attached hydrogens (tertiary/aromatic N) is 2. The van der Waals surface area contributed by atoms with Crippen LogP contribution in [0.2, 0.25) is 0 Å². The summed E-state index contributed by atoms with van der Waals surface area (Å²) in [6.45, 7) is 4.35. The minimum atomic E-state index is -0.314. The van der Waals surface area contributed by atoms with Crippen molar-refractivity contribution in [1.29, 1.82) is 0 Å². The molecule has 0 bridgehead atoms. The number of hydrogen-bond acceptors (Lipinski definition) is 3. The van der Waals surface area contributed by atoms with E-state index >= 15 is 0 Å². The van der Waals surface area contributed by atoms with Crippen LogP contribution in [0.15, 0.2) is 64.6 Å². The first kappa shape index (κ1) is 18.5. The van der Waals surface area contributed by atoms with Crippen molar-refractivity contribution in [1.82, 2.24) is 9.88 Å². The van der Waals surface area contributed by atoms with E-state index in [0.29, 0.717) is 21.8 Å². The number of aliphatic imine (C=N–C) groups is 1. The van der Waals surface area contributed by atoms with Gasteiger partial charge in [-0.25, -0.2) is 9.38 Å². The number of benzene rings is 2. The maximum absolute atomic E-state index is 13.0. The van der Waals surface area contributed by atoms with Crippen molar-refractivity contribution >= 4 is 45.5 Å². The van der Waals surface area contributed by atoms with Crippen LogP contribution in [0.25, 0.3) is 17.0 Å². The predicted octanol–water partition coefficient (Wildman–Crippen LogP) is 5.64. The van der Waals surface area contributed by atoms with Crippen molar-refractivity contribution in [2.24, 2.45) is 4.99 Å². The third kappa shape index (κ3) is 3.60. The Labute approximate surface area is 167 Å². The molecule has 1 N–H and O–H groups in total. The largest absolute Gasteiger partial charge is 0.344 e. The highest BCUT2D eigenvalue weighted by Crippen LogP contribution is 2.32. The van der Waals surface area contributed by atoms with Crippen LogP contribution < -0.4 is 5.32 Å². The fourth-order valence-corrected chi connectivity index (χ4v) is 4.00. The molecule has 0 radical (unpaired) electrons. The lowest BCUT2D eigenvalue weighted by Crippen LogP contribution is -2.19. The molecule has 4 rings (SSSR count). The lowest BCUT2D eigenvalue weighted by molar-refractivity contribution is -0.115. The first-order valence-corrected chi connectivity index (χ1v) is 10.0. The van der Waals surface area contributed by atoms with Gasteiger partial charge in [-0.3, -0.25) is 4.79 Å². The van der Waals surface area contributed by atoms with Gasteiger partial charge in [-0.1, -0.05) is 25.1 Å². The van der Waals surface area contributed by atoms with Crippen LogP contribution in [-0.4, -0.2) is 15.6 Å². The lowest BCUT2D eigenvalue weighted by atomic mass is 10.1. The van der Waals surface area contributed by atoms with Crippen molar-refractivity contribution in [2.45, 2.75) is 26.3 Å². The molecule has 1 aromatic heterocycles. The Balaban J connectivity index is 1.68. The molecule has 28 heavy (non-hydrogen) atoms. The molecule has 0 unspecified atom stereocenters. The van der Waals surface area contributed by atoms with Crippen LogP contribution >= 0.6 is 11.8 Å². The average Bonchev–Trinajstić information content (AvgIpc) is 3.24. The molecular formula is C22H20FN3OS. The molecule has 1 amide bonds. The van der Waals surface area contributed by atoms with Crippen molar-refractivity contribution in [3.63, 3.8) is 0 Å². The van der Waals surface area contributed by atoms with Gasteiger partial charge in [0.05, 0.1) is 10.6 Å². The third-order valence-corrected chi connectivity index (χ3v) is 5.74. The number of fused-ring (bicyclic) bond motifs is 1. The van der Waals surface area contributed by atoms with E-state index in [9.17, 15) is 9.18 Å². The molecule has 2 heterocycles. The number of carbonyl (C=O) groups excluding carboxylic acids is 1. The van der Waals surface area contributed by atoms with Crippen LogP contribution in [0, 0.1) is 5.82 Å². The number of carbonyl (C=O) groups is 1. The molecule has 1 fully saturated rings. The molecule has 1 aliphatic rings.